The van der Waals surface area contributed by atoms with Crippen molar-refractivity contribution in [3.63, 3.8) is 0 Å². The van der Waals surface area contributed by atoms with E-state index in [9.17, 15) is 9.59 Å². The van der Waals surface area contributed by atoms with Gasteiger partial charge in [0.25, 0.3) is 0 Å². The van der Waals surface area contributed by atoms with Gasteiger partial charge in [0.2, 0.25) is 0 Å². The van der Waals surface area contributed by atoms with Crippen LogP contribution in [0.2, 0.25) is 0 Å². The molecule has 0 aromatic heterocycles. The van der Waals surface area contributed by atoms with Crippen LogP contribution >= 0.6 is 0 Å². The van der Waals surface area contributed by atoms with E-state index in [4.69, 9.17) is 9.47 Å². The lowest BCUT2D eigenvalue weighted by Gasteiger charge is -2.33. The van der Waals surface area contributed by atoms with Gasteiger partial charge in [-0.15, -0.1) is 0 Å². The van der Waals surface area contributed by atoms with E-state index in [1.54, 1.807) is 0 Å². The molecule has 3 aliphatic rings. The van der Waals surface area contributed by atoms with Crippen LogP contribution in [0, 0.1) is 11.3 Å². The van der Waals surface area contributed by atoms with E-state index in [0.29, 0.717) is 0 Å². The van der Waals surface area contributed by atoms with Crippen LogP contribution in [0.5, 0.6) is 0 Å². The molecule has 0 aromatic carbocycles. The summed E-state index contributed by atoms with van der Waals surface area (Å²) in [5, 5.41) is 2.83. The van der Waals surface area contributed by atoms with E-state index in [2.05, 4.69) is 5.32 Å². The molecule has 3 rings (SSSR count). The van der Waals surface area contributed by atoms with Crippen molar-refractivity contribution in [2.45, 2.75) is 44.2 Å². The summed E-state index contributed by atoms with van der Waals surface area (Å²) < 4.78 is 10.3. The largest absolute Gasteiger partial charge is 0.469 e. The Morgan fingerprint density at radius 3 is 3.06 bits per heavy atom. The lowest BCUT2D eigenvalue weighted by Crippen LogP contribution is -2.42. The van der Waals surface area contributed by atoms with Gasteiger partial charge in [-0.25, -0.2) is 4.79 Å². The predicted octanol–water partition coefficient (Wildman–Crippen LogP) is 1.22. The van der Waals surface area contributed by atoms with Gasteiger partial charge in [0.15, 0.2) is 0 Å². The SMILES string of the molecule is COC(=O)C1CCC[C@@]12CC[C@@H]1NC(=O)O[C@@H]12. The van der Waals surface area contributed by atoms with Crippen LogP contribution in [0.3, 0.4) is 0 Å². The summed E-state index contributed by atoms with van der Waals surface area (Å²) in [6, 6.07) is 0.0905. The minimum Gasteiger partial charge on any atom is -0.469 e. The van der Waals surface area contributed by atoms with E-state index in [0.717, 1.165) is 32.1 Å². The van der Waals surface area contributed by atoms with Crippen LogP contribution in [0.4, 0.5) is 4.79 Å². The summed E-state index contributed by atoms with van der Waals surface area (Å²) in [4.78, 5) is 23.2. The van der Waals surface area contributed by atoms with Crippen LogP contribution in [0.1, 0.15) is 32.1 Å². The monoisotopic (exact) mass is 239 g/mol. The minimum atomic E-state index is -0.338. The average Bonchev–Trinajstić information content (AvgIpc) is 2.96. The van der Waals surface area contributed by atoms with E-state index < -0.39 is 0 Å². The molecule has 1 amide bonds. The number of carbonyl (C=O) groups excluding carboxylic acids is 2. The quantitative estimate of drug-likeness (QED) is 0.699. The molecule has 2 saturated carbocycles. The molecular weight excluding hydrogens is 222 g/mol. The molecule has 17 heavy (non-hydrogen) atoms. The van der Waals surface area contributed by atoms with Gasteiger partial charge in [-0.05, 0) is 25.7 Å². The van der Waals surface area contributed by atoms with Gasteiger partial charge in [0.05, 0.1) is 19.1 Å². The number of hydrogen-bond acceptors (Lipinski definition) is 4. The Hall–Kier alpha value is -1.26. The molecule has 0 radical (unpaired) electrons. The second-order valence-electron chi connectivity index (χ2n) is 5.32. The van der Waals surface area contributed by atoms with Crippen molar-refractivity contribution in [1.82, 2.24) is 5.32 Å². The molecule has 0 bridgehead atoms. The number of alkyl carbamates (subject to hydrolysis) is 1. The Morgan fingerprint density at radius 2 is 2.29 bits per heavy atom. The summed E-state index contributed by atoms with van der Waals surface area (Å²) in [7, 11) is 1.43. The van der Waals surface area contributed by atoms with Gasteiger partial charge in [0, 0.05) is 5.41 Å². The Bertz CT molecular complexity index is 370. The normalized spacial score (nSPS) is 43.4. The molecule has 1 spiro atoms. The van der Waals surface area contributed by atoms with Crippen molar-refractivity contribution in [2.24, 2.45) is 11.3 Å². The Kier molecular flexibility index (Phi) is 2.31. The second-order valence-corrected chi connectivity index (χ2v) is 5.32. The molecule has 1 heterocycles. The molecule has 2 aliphatic carbocycles. The highest BCUT2D eigenvalue weighted by Gasteiger charge is 2.61. The van der Waals surface area contributed by atoms with Crippen molar-refractivity contribution in [1.29, 1.82) is 0 Å². The third kappa shape index (κ3) is 1.37. The van der Waals surface area contributed by atoms with E-state index >= 15 is 0 Å². The van der Waals surface area contributed by atoms with Crippen LogP contribution in [0.15, 0.2) is 0 Å². The van der Waals surface area contributed by atoms with Crippen LogP contribution in [-0.4, -0.2) is 31.3 Å². The minimum absolute atomic E-state index is 0.0905. The number of fused-ring (bicyclic) bond motifs is 2. The first-order valence-electron chi connectivity index (χ1n) is 6.22. The molecular formula is C12H17NO4. The smallest absolute Gasteiger partial charge is 0.407 e. The number of nitrogens with one attached hydrogen (secondary N) is 1. The third-order valence-electron chi connectivity index (χ3n) is 4.70. The van der Waals surface area contributed by atoms with Crippen molar-refractivity contribution in [3.8, 4) is 0 Å². The van der Waals surface area contributed by atoms with Gasteiger partial charge < -0.3 is 14.8 Å². The Balaban J connectivity index is 1.90. The van der Waals surface area contributed by atoms with Crippen molar-refractivity contribution >= 4 is 12.1 Å². The molecule has 0 aromatic rings. The highest BCUT2D eigenvalue weighted by molar-refractivity contribution is 5.75. The lowest BCUT2D eigenvalue weighted by atomic mass is 9.74. The van der Waals surface area contributed by atoms with Crippen molar-refractivity contribution in [3.05, 3.63) is 0 Å². The van der Waals surface area contributed by atoms with Crippen molar-refractivity contribution in [2.75, 3.05) is 7.11 Å². The second kappa shape index (κ2) is 3.62. The number of methoxy groups -OCH3 is 1. The number of esters is 1. The van der Waals surface area contributed by atoms with Gasteiger partial charge in [-0.1, -0.05) is 6.42 Å². The molecule has 5 nitrogen and oxygen atoms in total. The van der Waals surface area contributed by atoms with Crippen LogP contribution < -0.4 is 5.32 Å². The highest BCUT2D eigenvalue weighted by Crippen LogP contribution is 2.56. The number of ether oxygens (including phenoxy) is 2. The number of carbonyl (C=O) groups is 2. The summed E-state index contributed by atoms with van der Waals surface area (Å²) in [5.74, 6) is -0.249. The maximum Gasteiger partial charge on any atom is 0.407 e. The number of amides is 1. The van der Waals surface area contributed by atoms with Gasteiger partial charge in [-0.3, -0.25) is 4.79 Å². The third-order valence-corrected chi connectivity index (χ3v) is 4.70. The number of hydrogen-bond donors (Lipinski definition) is 1. The van der Waals surface area contributed by atoms with Crippen LogP contribution in [0.25, 0.3) is 0 Å². The fraction of sp³-hybridized carbons (Fsp3) is 0.833. The van der Waals surface area contributed by atoms with Crippen molar-refractivity contribution < 1.29 is 19.1 Å². The molecule has 3 fully saturated rings. The molecule has 1 aliphatic heterocycles. The van der Waals surface area contributed by atoms with Gasteiger partial charge in [-0.2, -0.15) is 0 Å². The maximum absolute atomic E-state index is 11.9. The van der Waals surface area contributed by atoms with Gasteiger partial charge in [0.1, 0.15) is 6.10 Å². The van der Waals surface area contributed by atoms with Gasteiger partial charge >= 0.3 is 12.1 Å². The molecule has 1 unspecified atom stereocenters. The van der Waals surface area contributed by atoms with E-state index in [1.165, 1.54) is 7.11 Å². The molecule has 94 valence electrons. The zero-order valence-electron chi connectivity index (χ0n) is 9.90. The first-order chi connectivity index (χ1) is 8.17. The molecule has 5 heteroatoms. The topological polar surface area (TPSA) is 64.6 Å². The lowest BCUT2D eigenvalue weighted by molar-refractivity contribution is -0.151. The Labute approximate surface area is 99.8 Å². The standard InChI is InChI=1S/C12H17NO4/c1-16-10(14)7-3-2-5-12(7)6-4-8-9(12)17-11(15)13-8/h7-9H,2-6H2,1H3,(H,13,15)/t7?,8-,9-,12+/m0/s1. The van der Waals surface area contributed by atoms with E-state index in [1.807, 2.05) is 0 Å². The summed E-state index contributed by atoms with van der Waals surface area (Å²) in [6.07, 6.45) is 4.21. The fourth-order valence-electron chi connectivity index (χ4n) is 4.00. The predicted molar refractivity (Wildman–Crippen MR) is 58.2 cm³/mol. The van der Waals surface area contributed by atoms with E-state index in [-0.39, 0.29) is 35.5 Å². The molecule has 1 saturated heterocycles. The zero-order valence-corrected chi connectivity index (χ0v) is 9.90. The summed E-state index contributed by atoms with van der Waals surface area (Å²) in [6.45, 7) is 0. The average molecular weight is 239 g/mol. The summed E-state index contributed by atoms with van der Waals surface area (Å²) in [5.41, 5.74) is -0.170. The summed E-state index contributed by atoms with van der Waals surface area (Å²) >= 11 is 0. The van der Waals surface area contributed by atoms with Crippen LogP contribution in [-0.2, 0) is 14.3 Å². The maximum atomic E-state index is 11.9. The molecule has 4 atom stereocenters. The number of rotatable bonds is 1. The highest BCUT2D eigenvalue weighted by atomic mass is 16.6. The zero-order chi connectivity index (χ0) is 12.0. The fourth-order valence-corrected chi connectivity index (χ4v) is 4.00. The molecule has 1 N–H and O–H groups in total. The first-order valence-corrected chi connectivity index (χ1v) is 6.22. The Morgan fingerprint density at radius 1 is 1.47 bits per heavy atom. The first kappa shape index (κ1) is 10.9.